The van der Waals surface area contributed by atoms with Gasteiger partial charge in [0.15, 0.2) is 0 Å². The van der Waals surface area contributed by atoms with Crippen molar-refractivity contribution in [2.75, 3.05) is 0 Å². The molecule has 0 amide bonds. The van der Waals surface area contributed by atoms with Crippen molar-refractivity contribution in [2.45, 2.75) is 57.2 Å². The maximum atomic E-state index is 6.11. The van der Waals surface area contributed by atoms with Gasteiger partial charge >= 0.3 is 0 Å². The second-order valence-electron chi connectivity index (χ2n) is 3.76. The molecule has 0 aromatic rings. The van der Waals surface area contributed by atoms with Gasteiger partial charge in [-0.25, -0.2) is 0 Å². The molecule has 0 spiro atoms. The summed E-state index contributed by atoms with van der Waals surface area (Å²) in [4.78, 5) is 0. The molecule has 0 radical (unpaired) electrons. The summed E-state index contributed by atoms with van der Waals surface area (Å²) in [5.41, 5.74) is 0. The zero-order valence-electron chi connectivity index (χ0n) is 7.48. The van der Waals surface area contributed by atoms with Gasteiger partial charge in [0.1, 0.15) is 0 Å². The van der Waals surface area contributed by atoms with Gasteiger partial charge in [-0.3, -0.25) is 0 Å². The Morgan fingerprint density at radius 2 is 2.09 bits per heavy atom. The molecule has 1 aliphatic rings. The molecule has 66 valence electrons. The maximum absolute atomic E-state index is 6.11. The van der Waals surface area contributed by atoms with Gasteiger partial charge < -0.3 is 0 Å². The first kappa shape index (κ1) is 9.38. The Hall–Kier alpha value is 0.290. The van der Waals surface area contributed by atoms with Crippen molar-refractivity contribution in [1.82, 2.24) is 0 Å². The monoisotopic (exact) mass is 174 g/mol. The normalized spacial score (nSPS) is 21.3. The van der Waals surface area contributed by atoms with Gasteiger partial charge in [-0.15, -0.1) is 11.6 Å². The molecule has 0 nitrogen and oxygen atoms in total. The van der Waals surface area contributed by atoms with Crippen LogP contribution in [-0.4, -0.2) is 5.38 Å². The quantitative estimate of drug-likeness (QED) is 0.554. The number of hydrogen-bond acceptors (Lipinski definition) is 0. The third-order valence-electron chi connectivity index (χ3n) is 2.71. The molecule has 0 bridgehead atoms. The fraction of sp³-hybridized carbons (Fsp3) is 1.00. The van der Waals surface area contributed by atoms with Crippen LogP contribution in [0.25, 0.3) is 0 Å². The molecule has 0 N–H and O–H groups in total. The van der Waals surface area contributed by atoms with E-state index in [1.54, 1.807) is 0 Å². The van der Waals surface area contributed by atoms with E-state index in [0.717, 1.165) is 5.92 Å². The van der Waals surface area contributed by atoms with Crippen LogP contribution in [0.1, 0.15) is 51.9 Å². The molecule has 11 heavy (non-hydrogen) atoms. The summed E-state index contributed by atoms with van der Waals surface area (Å²) in [5, 5.41) is 0.459. The minimum Gasteiger partial charge on any atom is -0.123 e. The SMILES string of the molecule is CCCC(Cl)CCC1CCC1. The van der Waals surface area contributed by atoms with Crippen LogP contribution >= 0.6 is 11.6 Å². The van der Waals surface area contributed by atoms with E-state index in [-0.39, 0.29) is 0 Å². The lowest BCUT2D eigenvalue weighted by atomic mass is 9.81. The Bertz CT molecular complexity index is 97.0. The van der Waals surface area contributed by atoms with Crippen LogP contribution in [0, 0.1) is 5.92 Å². The second-order valence-corrected chi connectivity index (χ2v) is 4.38. The molecule has 1 atom stereocenters. The third-order valence-corrected chi connectivity index (χ3v) is 3.15. The summed E-state index contributed by atoms with van der Waals surface area (Å²) in [6.07, 6.45) is 9.47. The van der Waals surface area contributed by atoms with Crippen molar-refractivity contribution in [3.63, 3.8) is 0 Å². The molecule has 0 heterocycles. The van der Waals surface area contributed by atoms with Crippen LogP contribution in [0.5, 0.6) is 0 Å². The Morgan fingerprint density at radius 3 is 2.55 bits per heavy atom. The maximum Gasteiger partial charge on any atom is 0.0336 e. The highest BCUT2D eigenvalue weighted by atomic mass is 35.5. The Balaban J connectivity index is 1.92. The van der Waals surface area contributed by atoms with Crippen molar-refractivity contribution in [3.05, 3.63) is 0 Å². The van der Waals surface area contributed by atoms with E-state index in [4.69, 9.17) is 11.6 Å². The fourth-order valence-electron chi connectivity index (χ4n) is 1.66. The van der Waals surface area contributed by atoms with Gasteiger partial charge in [-0.2, -0.15) is 0 Å². The Labute approximate surface area is 75.3 Å². The fourth-order valence-corrected chi connectivity index (χ4v) is 2.00. The first-order valence-corrected chi connectivity index (χ1v) is 5.40. The smallest absolute Gasteiger partial charge is 0.0336 e. The van der Waals surface area contributed by atoms with E-state index >= 15 is 0 Å². The largest absolute Gasteiger partial charge is 0.123 e. The second kappa shape index (κ2) is 5.03. The number of rotatable bonds is 5. The van der Waals surface area contributed by atoms with E-state index in [1.807, 2.05) is 0 Å². The van der Waals surface area contributed by atoms with Gasteiger partial charge in [0, 0.05) is 5.38 Å². The van der Waals surface area contributed by atoms with Crippen molar-refractivity contribution < 1.29 is 0 Å². The van der Waals surface area contributed by atoms with Crippen LogP contribution in [0.2, 0.25) is 0 Å². The molecule has 1 rings (SSSR count). The highest BCUT2D eigenvalue weighted by Crippen LogP contribution is 2.31. The van der Waals surface area contributed by atoms with E-state index in [2.05, 4.69) is 6.92 Å². The first-order valence-electron chi connectivity index (χ1n) is 4.97. The summed E-state index contributed by atoms with van der Waals surface area (Å²) in [6, 6.07) is 0. The van der Waals surface area contributed by atoms with Gasteiger partial charge in [0.25, 0.3) is 0 Å². The van der Waals surface area contributed by atoms with Crippen LogP contribution in [-0.2, 0) is 0 Å². The minimum atomic E-state index is 0.459. The summed E-state index contributed by atoms with van der Waals surface area (Å²) in [5.74, 6) is 1.04. The lowest BCUT2D eigenvalue weighted by molar-refractivity contribution is 0.287. The van der Waals surface area contributed by atoms with E-state index < -0.39 is 0 Å². The Kier molecular flexibility index (Phi) is 4.29. The van der Waals surface area contributed by atoms with Crippen molar-refractivity contribution in [1.29, 1.82) is 0 Å². The Morgan fingerprint density at radius 1 is 1.36 bits per heavy atom. The highest BCUT2D eigenvalue weighted by molar-refractivity contribution is 6.20. The van der Waals surface area contributed by atoms with E-state index in [0.29, 0.717) is 5.38 Å². The molecular formula is C10H19Cl. The number of alkyl halides is 1. The van der Waals surface area contributed by atoms with Crippen LogP contribution < -0.4 is 0 Å². The van der Waals surface area contributed by atoms with Crippen LogP contribution in [0.3, 0.4) is 0 Å². The average molecular weight is 175 g/mol. The predicted octanol–water partition coefficient (Wildman–Crippen LogP) is 3.97. The van der Waals surface area contributed by atoms with Crippen LogP contribution in [0.4, 0.5) is 0 Å². The first-order chi connectivity index (χ1) is 5.33. The molecule has 1 fully saturated rings. The summed E-state index contributed by atoms with van der Waals surface area (Å²) >= 11 is 6.11. The van der Waals surface area contributed by atoms with Gasteiger partial charge in [0.05, 0.1) is 0 Å². The zero-order chi connectivity index (χ0) is 8.10. The molecule has 0 aliphatic heterocycles. The van der Waals surface area contributed by atoms with Crippen molar-refractivity contribution in [3.8, 4) is 0 Å². The van der Waals surface area contributed by atoms with Crippen LogP contribution in [0.15, 0.2) is 0 Å². The number of hydrogen-bond donors (Lipinski definition) is 0. The predicted molar refractivity (Wildman–Crippen MR) is 51.1 cm³/mol. The number of halogens is 1. The van der Waals surface area contributed by atoms with Crippen molar-refractivity contribution in [2.24, 2.45) is 5.92 Å². The zero-order valence-corrected chi connectivity index (χ0v) is 8.24. The van der Waals surface area contributed by atoms with E-state index in [9.17, 15) is 0 Å². The molecule has 0 saturated heterocycles. The molecular weight excluding hydrogens is 156 g/mol. The van der Waals surface area contributed by atoms with Gasteiger partial charge in [-0.05, 0) is 25.2 Å². The highest BCUT2D eigenvalue weighted by Gasteiger charge is 2.17. The summed E-state index contributed by atoms with van der Waals surface area (Å²) < 4.78 is 0. The molecule has 0 aromatic heterocycles. The third kappa shape index (κ3) is 3.46. The molecule has 0 aromatic carbocycles. The topological polar surface area (TPSA) is 0 Å². The molecule has 1 aliphatic carbocycles. The molecule has 1 saturated carbocycles. The van der Waals surface area contributed by atoms with Gasteiger partial charge in [0.2, 0.25) is 0 Å². The molecule has 1 heteroatoms. The standard InChI is InChI=1S/C10H19Cl/c1-2-4-10(11)8-7-9-5-3-6-9/h9-10H,2-8H2,1H3. The van der Waals surface area contributed by atoms with E-state index in [1.165, 1.54) is 44.9 Å². The van der Waals surface area contributed by atoms with Crippen molar-refractivity contribution >= 4 is 11.6 Å². The average Bonchev–Trinajstić information content (AvgIpc) is 1.85. The molecule has 1 unspecified atom stereocenters. The lowest BCUT2D eigenvalue weighted by Gasteiger charge is -2.25. The summed E-state index contributed by atoms with van der Waals surface area (Å²) in [6.45, 7) is 2.21. The van der Waals surface area contributed by atoms with Gasteiger partial charge in [-0.1, -0.05) is 32.6 Å². The lowest BCUT2D eigenvalue weighted by Crippen LogP contribution is -2.12. The summed E-state index contributed by atoms with van der Waals surface area (Å²) in [7, 11) is 0. The minimum absolute atomic E-state index is 0.459.